The lowest BCUT2D eigenvalue weighted by Crippen LogP contribution is -2.19. The molecule has 0 saturated carbocycles. The molecule has 1 aliphatic rings. The zero-order chi connectivity index (χ0) is 25.4. The maximum absolute atomic E-state index is 12.6. The summed E-state index contributed by atoms with van der Waals surface area (Å²) in [6, 6.07) is 16.1. The van der Waals surface area contributed by atoms with E-state index in [-0.39, 0.29) is 35.8 Å². The zero-order valence-corrected chi connectivity index (χ0v) is 19.4. The number of ether oxygens (including phenoxy) is 1. The van der Waals surface area contributed by atoms with Gasteiger partial charge in [-0.1, -0.05) is 48.5 Å². The minimum atomic E-state index is -1.22. The predicted octanol–water partition coefficient (Wildman–Crippen LogP) is 3.47. The van der Waals surface area contributed by atoms with Crippen molar-refractivity contribution in [1.29, 1.82) is 0 Å². The van der Waals surface area contributed by atoms with E-state index in [2.05, 4.69) is 32.7 Å². The van der Waals surface area contributed by atoms with Gasteiger partial charge in [-0.3, -0.25) is 10.1 Å². The Kier molecular flexibility index (Phi) is 5.72. The van der Waals surface area contributed by atoms with Crippen LogP contribution >= 0.6 is 0 Å². The van der Waals surface area contributed by atoms with E-state index in [9.17, 15) is 14.4 Å². The first kappa shape index (κ1) is 22.8. The van der Waals surface area contributed by atoms with Crippen molar-refractivity contribution in [2.75, 3.05) is 17.2 Å². The van der Waals surface area contributed by atoms with Crippen molar-refractivity contribution in [2.45, 2.75) is 5.92 Å². The Bertz CT molecular complexity index is 1460. The third kappa shape index (κ3) is 4.17. The summed E-state index contributed by atoms with van der Waals surface area (Å²) in [4.78, 5) is 44.3. The first-order valence-electron chi connectivity index (χ1n) is 11.0. The summed E-state index contributed by atoms with van der Waals surface area (Å²) in [6.45, 7) is 0.144. The minimum absolute atomic E-state index is 0.00789. The average Bonchev–Trinajstić information content (AvgIpc) is 3.50. The van der Waals surface area contributed by atoms with E-state index in [1.807, 2.05) is 36.4 Å². The number of aryl methyl sites for hydroxylation is 2. The summed E-state index contributed by atoms with van der Waals surface area (Å²) in [5, 5.41) is 14.2. The first-order valence-corrected chi connectivity index (χ1v) is 11.0. The highest BCUT2D eigenvalue weighted by molar-refractivity contribution is 6.02. The molecule has 2 aromatic carbocycles. The van der Waals surface area contributed by atoms with Crippen molar-refractivity contribution in [2.24, 2.45) is 14.1 Å². The van der Waals surface area contributed by atoms with Gasteiger partial charge in [0.05, 0.1) is 0 Å². The van der Waals surface area contributed by atoms with Crippen LogP contribution in [-0.2, 0) is 18.8 Å². The van der Waals surface area contributed by atoms with E-state index < -0.39 is 18.0 Å². The van der Waals surface area contributed by atoms with Crippen molar-refractivity contribution in [3.63, 3.8) is 0 Å². The van der Waals surface area contributed by atoms with Gasteiger partial charge in [0, 0.05) is 32.4 Å². The van der Waals surface area contributed by atoms with Crippen molar-refractivity contribution in [3.8, 4) is 11.1 Å². The minimum Gasteiger partial charge on any atom is -0.475 e. The summed E-state index contributed by atoms with van der Waals surface area (Å²) < 4.78 is 8.22. The fourth-order valence-corrected chi connectivity index (χ4v) is 4.37. The molecule has 11 heteroatoms. The molecule has 1 aliphatic carbocycles. The fourth-order valence-electron chi connectivity index (χ4n) is 4.37. The fraction of sp³-hybridized carbons (Fsp3) is 0.160. The van der Waals surface area contributed by atoms with Crippen LogP contribution in [0, 0.1) is 0 Å². The van der Waals surface area contributed by atoms with Gasteiger partial charge in [0.15, 0.2) is 11.6 Å². The molecule has 0 unspecified atom stereocenters. The lowest BCUT2D eigenvalue weighted by molar-refractivity contribution is 0.0679. The van der Waals surface area contributed by atoms with E-state index in [4.69, 9.17) is 9.84 Å². The highest BCUT2D eigenvalue weighted by atomic mass is 16.5. The second-order valence-corrected chi connectivity index (χ2v) is 8.33. The molecule has 2 heterocycles. The number of anilines is 2. The van der Waals surface area contributed by atoms with Gasteiger partial charge in [-0.25, -0.2) is 19.6 Å². The van der Waals surface area contributed by atoms with Crippen LogP contribution in [0.3, 0.4) is 0 Å². The number of nitrogens with one attached hydrogen (secondary N) is 2. The maximum atomic E-state index is 12.6. The molecule has 182 valence electrons. The third-order valence-electron chi connectivity index (χ3n) is 5.96. The molecule has 0 aliphatic heterocycles. The Morgan fingerprint density at radius 1 is 0.861 bits per heavy atom. The van der Waals surface area contributed by atoms with Crippen LogP contribution in [0.1, 0.15) is 38.3 Å². The van der Waals surface area contributed by atoms with Crippen molar-refractivity contribution in [3.05, 3.63) is 83.7 Å². The number of hydrogen-bond acceptors (Lipinski definition) is 6. The smallest absolute Gasteiger partial charge is 0.412 e. The average molecular weight is 486 g/mol. The number of carbonyl (C=O) groups is 3. The van der Waals surface area contributed by atoms with Crippen molar-refractivity contribution < 1.29 is 24.2 Å². The number of fused-ring (bicyclic) bond motifs is 3. The number of carboxylic acid groups (broad SMARTS) is 1. The molecule has 11 nitrogen and oxygen atoms in total. The zero-order valence-electron chi connectivity index (χ0n) is 19.4. The molecule has 0 atom stereocenters. The number of carboxylic acids is 1. The Balaban J connectivity index is 1.24. The van der Waals surface area contributed by atoms with Crippen LogP contribution in [0.15, 0.2) is 60.9 Å². The second kappa shape index (κ2) is 9.02. The summed E-state index contributed by atoms with van der Waals surface area (Å²) in [5.41, 5.74) is 4.46. The van der Waals surface area contributed by atoms with Crippen LogP contribution in [0.2, 0.25) is 0 Å². The number of amides is 2. The number of rotatable bonds is 6. The van der Waals surface area contributed by atoms with Gasteiger partial charge < -0.3 is 24.3 Å². The van der Waals surface area contributed by atoms with E-state index in [0.717, 1.165) is 22.3 Å². The van der Waals surface area contributed by atoms with Gasteiger partial charge in [0.2, 0.25) is 11.6 Å². The van der Waals surface area contributed by atoms with Gasteiger partial charge in [0.1, 0.15) is 6.61 Å². The van der Waals surface area contributed by atoms with Gasteiger partial charge in [-0.05, 0) is 22.3 Å². The van der Waals surface area contributed by atoms with Crippen molar-refractivity contribution >= 4 is 29.6 Å². The molecule has 2 aromatic heterocycles. The Hall–Kier alpha value is -4.93. The highest BCUT2D eigenvalue weighted by Gasteiger charge is 2.29. The number of aromatic carboxylic acids is 1. The van der Waals surface area contributed by atoms with E-state index in [0.29, 0.717) is 0 Å². The molecule has 0 fully saturated rings. The van der Waals surface area contributed by atoms with Gasteiger partial charge in [0.25, 0.3) is 5.91 Å². The van der Waals surface area contributed by atoms with Gasteiger partial charge >= 0.3 is 12.1 Å². The van der Waals surface area contributed by atoms with Gasteiger partial charge in [-0.2, -0.15) is 0 Å². The number of hydrogen-bond donors (Lipinski definition) is 3. The molecule has 4 aromatic rings. The summed E-state index contributed by atoms with van der Waals surface area (Å²) in [5.74, 6) is -1.95. The summed E-state index contributed by atoms with van der Waals surface area (Å²) in [7, 11) is 3.09. The van der Waals surface area contributed by atoms with E-state index in [1.54, 1.807) is 7.05 Å². The van der Waals surface area contributed by atoms with E-state index >= 15 is 0 Å². The molecular formula is C25H22N6O5. The first-order chi connectivity index (χ1) is 17.3. The number of aromatic nitrogens is 4. The normalized spacial score (nSPS) is 12.1. The SMILES string of the molecule is Cn1cc(NC(=O)c2nc(NC(=O)OCC3c4ccccc4-c4ccccc43)cn2C)nc1C(=O)O. The van der Waals surface area contributed by atoms with Crippen LogP contribution < -0.4 is 10.6 Å². The lowest BCUT2D eigenvalue weighted by atomic mass is 9.98. The van der Waals surface area contributed by atoms with E-state index in [1.165, 1.54) is 28.6 Å². The van der Waals surface area contributed by atoms with Crippen molar-refractivity contribution in [1.82, 2.24) is 19.1 Å². The molecule has 2 amide bonds. The largest absolute Gasteiger partial charge is 0.475 e. The highest BCUT2D eigenvalue weighted by Crippen LogP contribution is 2.44. The van der Waals surface area contributed by atoms with Crippen LogP contribution in [-0.4, -0.2) is 48.8 Å². The standard InChI is InChI=1S/C25H22N6O5/c1-30-12-20(26-21(30)23(32)28-19-11-31(2)22(27-19)24(33)34)29-25(35)36-13-18-16-9-5-3-7-14(16)15-8-4-6-10-17(15)18/h3-12,18H,13H2,1-2H3,(H,28,32)(H,29,35)(H,33,34). The molecule has 36 heavy (non-hydrogen) atoms. The second-order valence-electron chi connectivity index (χ2n) is 8.33. The monoisotopic (exact) mass is 486 g/mol. The lowest BCUT2D eigenvalue weighted by Gasteiger charge is -2.14. The number of benzene rings is 2. The maximum Gasteiger partial charge on any atom is 0.412 e. The summed E-state index contributed by atoms with van der Waals surface area (Å²) >= 11 is 0. The molecule has 0 saturated heterocycles. The Morgan fingerprint density at radius 3 is 1.97 bits per heavy atom. The molecule has 3 N–H and O–H groups in total. The third-order valence-corrected chi connectivity index (χ3v) is 5.96. The summed E-state index contributed by atoms with van der Waals surface area (Å²) in [6.07, 6.45) is 2.15. The quantitative estimate of drug-likeness (QED) is 0.379. The number of carbonyl (C=O) groups excluding carboxylic acids is 2. The number of nitrogens with zero attached hydrogens (tertiary/aromatic N) is 4. The molecular weight excluding hydrogens is 464 g/mol. The molecule has 0 spiro atoms. The van der Waals surface area contributed by atoms with Crippen LogP contribution in [0.25, 0.3) is 11.1 Å². The molecule has 0 bridgehead atoms. The number of imidazole rings is 2. The van der Waals surface area contributed by atoms with Gasteiger partial charge in [-0.15, -0.1) is 0 Å². The molecule has 0 radical (unpaired) electrons. The topological polar surface area (TPSA) is 140 Å². The molecule has 5 rings (SSSR count). The van der Waals surface area contributed by atoms with Crippen LogP contribution in [0.4, 0.5) is 16.4 Å². The van der Waals surface area contributed by atoms with Crippen LogP contribution in [0.5, 0.6) is 0 Å². The Morgan fingerprint density at radius 2 is 1.39 bits per heavy atom. The predicted molar refractivity (Wildman–Crippen MR) is 130 cm³/mol. The Labute approximate surface area is 205 Å².